The average molecular weight is 281 g/mol. The van der Waals surface area contributed by atoms with Crippen molar-refractivity contribution >= 4 is 17.2 Å². The molecule has 2 heterocycles. The summed E-state index contributed by atoms with van der Waals surface area (Å²) >= 11 is 1.71. The standard InChI is InChI=1S/C14H23N3OS/c1-3-7-16(4-2)8-9-17-13(18)11-15-14(17)12-6-5-10-19-12/h5-6,10,14-15H,3-4,7-9,11H2,1-2H3. The van der Waals surface area contributed by atoms with Gasteiger partial charge in [-0.1, -0.05) is 19.9 Å². The van der Waals surface area contributed by atoms with Crippen molar-refractivity contribution < 1.29 is 4.79 Å². The average Bonchev–Trinajstić information content (AvgIpc) is 3.04. The molecule has 1 unspecified atom stereocenters. The molecule has 1 aromatic heterocycles. The molecule has 1 aliphatic heterocycles. The fraction of sp³-hybridized carbons (Fsp3) is 0.643. The van der Waals surface area contributed by atoms with Crippen LogP contribution in [0, 0.1) is 0 Å². The van der Waals surface area contributed by atoms with Gasteiger partial charge in [-0.05, 0) is 31.0 Å². The molecular weight excluding hydrogens is 258 g/mol. The molecular formula is C14H23N3OS. The van der Waals surface area contributed by atoms with Crippen LogP contribution in [0.15, 0.2) is 17.5 Å². The van der Waals surface area contributed by atoms with Gasteiger partial charge < -0.3 is 9.80 Å². The lowest BCUT2D eigenvalue weighted by Gasteiger charge is -2.27. The maximum atomic E-state index is 12.0. The van der Waals surface area contributed by atoms with Crippen LogP contribution in [-0.2, 0) is 4.79 Å². The SMILES string of the molecule is CCCN(CC)CCN1C(=O)CNC1c1cccs1. The molecule has 2 rings (SSSR count). The fourth-order valence-electron chi connectivity index (χ4n) is 2.49. The normalized spacial score (nSPS) is 19.6. The molecule has 1 fully saturated rings. The van der Waals surface area contributed by atoms with Gasteiger partial charge in [0.05, 0.1) is 6.54 Å². The largest absolute Gasteiger partial charge is 0.320 e. The van der Waals surface area contributed by atoms with Crippen molar-refractivity contribution in [1.29, 1.82) is 0 Å². The van der Waals surface area contributed by atoms with E-state index in [1.54, 1.807) is 11.3 Å². The lowest BCUT2D eigenvalue weighted by atomic mass is 10.3. The van der Waals surface area contributed by atoms with Gasteiger partial charge >= 0.3 is 0 Å². The summed E-state index contributed by atoms with van der Waals surface area (Å²) in [5.74, 6) is 0.214. The monoisotopic (exact) mass is 281 g/mol. The summed E-state index contributed by atoms with van der Waals surface area (Å²) in [7, 11) is 0. The number of hydrogen-bond acceptors (Lipinski definition) is 4. The fourth-order valence-corrected chi connectivity index (χ4v) is 3.30. The highest BCUT2D eigenvalue weighted by Crippen LogP contribution is 2.25. The third kappa shape index (κ3) is 3.55. The first-order chi connectivity index (χ1) is 9.26. The van der Waals surface area contributed by atoms with Crippen molar-refractivity contribution in [2.75, 3.05) is 32.7 Å². The first-order valence-corrected chi connectivity index (χ1v) is 7.92. The number of hydrogen-bond donors (Lipinski definition) is 1. The van der Waals surface area contributed by atoms with E-state index in [-0.39, 0.29) is 12.1 Å². The first kappa shape index (κ1) is 14.5. The molecule has 1 N–H and O–H groups in total. The van der Waals surface area contributed by atoms with Gasteiger partial charge in [0.2, 0.25) is 5.91 Å². The zero-order valence-corrected chi connectivity index (χ0v) is 12.6. The van der Waals surface area contributed by atoms with E-state index in [1.165, 1.54) is 4.88 Å². The van der Waals surface area contributed by atoms with Crippen LogP contribution >= 0.6 is 11.3 Å². The molecule has 0 bridgehead atoms. The van der Waals surface area contributed by atoms with Gasteiger partial charge in [-0.25, -0.2) is 0 Å². The molecule has 0 aliphatic carbocycles. The van der Waals surface area contributed by atoms with Gasteiger partial charge in [-0.2, -0.15) is 0 Å². The Bertz CT molecular complexity index is 393. The third-order valence-corrected chi connectivity index (χ3v) is 4.46. The van der Waals surface area contributed by atoms with E-state index in [0.717, 1.165) is 32.6 Å². The molecule has 0 radical (unpaired) electrons. The van der Waals surface area contributed by atoms with E-state index in [9.17, 15) is 4.79 Å². The molecule has 4 nitrogen and oxygen atoms in total. The molecule has 1 atom stereocenters. The van der Waals surface area contributed by atoms with Crippen LogP contribution in [0.25, 0.3) is 0 Å². The van der Waals surface area contributed by atoms with Crippen LogP contribution in [-0.4, -0.2) is 48.4 Å². The summed E-state index contributed by atoms with van der Waals surface area (Å²) in [6.07, 6.45) is 1.24. The predicted molar refractivity (Wildman–Crippen MR) is 79.2 cm³/mol. The Kier molecular flexibility index (Phi) is 5.36. The highest BCUT2D eigenvalue weighted by atomic mass is 32.1. The minimum Gasteiger partial charge on any atom is -0.320 e. The third-order valence-electron chi connectivity index (χ3n) is 3.54. The summed E-state index contributed by atoms with van der Waals surface area (Å²) in [4.78, 5) is 17.6. The zero-order chi connectivity index (χ0) is 13.7. The Balaban J connectivity index is 1.94. The van der Waals surface area contributed by atoms with Gasteiger partial charge in [-0.3, -0.25) is 10.1 Å². The molecule has 0 aromatic carbocycles. The molecule has 0 saturated carbocycles. The summed E-state index contributed by atoms with van der Waals surface area (Å²) in [5, 5.41) is 5.36. The topological polar surface area (TPSA) is 35.6 Å². The Morgan fingerprint density at radius 1 is 1.47 bits per heavy atom. The Hall–Kier alpha value is -0.910. The van der Waals surface area contributed by atoms with Crippen LogP contribution < -0.4 is 5.32 Å². The van der Waals surface area contributed by atoms with Crippen LogP contribution in [0.2, 0.25) is 0 Å². The van der Waals surface area contributed by atoms with Crippen LogP contribution in [0.4, 0.5) is 0 Å². The highest BCUT2D eigenvalue weighted by Gasteiger charge is 2.31. The van der Waals surface area contributed by atoms with E-state index in [2.05, 4.69) is 35.5 Å². The van der Waals surface area contributed by atoms with Crippen LogP contribution in [0.3, 0.4) is 0 Å². The minimum absolute atomic E-state index is 0.0767. The number of likely N-dealkylation sites (N-methyl/N-ethyl adjacent to an activating group) is 1. The molecule has 1 amide bonds. The number of nitrogens with one attached hydrogen (secondary N) is 1. The highest BCUT2D eigenvalue weighted by molar-refractivity contribution is 7.10. The lowest BCUT2D eigenvalue weighted by molar-refractivity contribution is -0.128. The maximum Gasteiger partial charge on any atom is 0.238 e. The number of carbonyl (C=O) groups is 1. The van der Waals surface area contributed by atoms with Gasteiger partial charge in [0.15, 0.2) is 0 Å². The van der Waals surface area contributed by atoms with E-state index in [1.807, 2.05) is 11.0 Å². The summed E-state index contributed by atoms with van der Waals surface area (Å²) in [6, 6.07) is 4.13. The molecule has 5 heteroatoms. The molecule has 0 spiro atoms. The van der Waals surface area contributed by atoms with Crippen molar-refractivity contribution in [3.8, 4) is 0 Å². The van der Waals surface area contributed by atoms with Gasteiger partial charge in [-0.15, -0.1) is 11.3 Å². The summed E-state index contributed by atoms with van der Waals surface area (Å²) in [6.45, 7) is 8.75. The minimum atomic E-state index is 0.0767. The maximum absolute atomic E-state index is 12.0. The molecule has 106 valence electrons. The number of nitrogens with zero attached hydrogens (tertiary/aromatic N) is 2. The van der Waals surface area contributed by atoms with Gasteiger partial charge in [0, 0.05) is 18.0 Å². The molecule has 19 heavy (non-hydrogen) atoms. The van der Waals surface area contributed by atoms with Crippen molar-refractivity contribution in [2.24, 2.45) is 0 Å². The second kappa shape index (κ2) is 7.03. The quantitative estimate of drug-likeness (QED) is 0.829. The Labute approximate surface area is 119 Å². The van der Waals surface area contributed by atoms with E-state index < -0.39 is 0 Å². The van der Waals surface area contributed by atoms with E-state index in [4.69, 9.17) is 0 Å². The molecule has 1 saturated heterocycles. The number of amides is 1. The van der Waals surface area contributed by atoms with E-state index in [0.29, 0.717) is 6.54 Å². The number of carbonyl (C=O) groups excluding carboxylic acids is 1. The van der Waals surface area contributed by atoms with Crippen molar-refractivity contribution in [2.45, 2.75) is 26.4 Å². The molecule has 1 aromatic rings. The van der Waals surface area contributed by atoms with Gasteiger partial charge in [0.25, 0.3) is 0 Å². The Morgan fingerprint density at radius 2 is 2.32 bits per heavy atom. The van der Waals surface area contributed by atoms with Gasteiger partial charge in [0.1, 0.15) is 6.17 Å². The van der Waals surface area contributed by atoms with Crippen molar-refractivity contribution in [3.63, 3.8) is 0 Å². The van der Waals surface area contributed by atoms with E-state index >= 15 is 0 Å². The number of thiophene rings is 1. The first-order valence-electron chi connectivity index (χ1n) is 7.04. The second-order valence-electron chi connectivity index (χ2n) is 4.82. The molecule has 1 aliphatic rings. The van der Waals surface area contributed by atoms with Crippen LogP contribution in [0.1, 0.15) is 31.3 Å². The Morgan fingerprint density at radius 3 is 2.95 bits per heavy atom. The van der Waals surface area contributed by atoms with Crippen molar-refractivity contribution in [1.82, 2.24) is 15.1 Å². The second-order valence-corrected chi connectivity index (χ2v) is 5.80. The number of rotatable bonds is 7. The summed E-state index contributed by atoms with van der Waals surface area (Å²) in [5.41, 5.74) is 0. The lowest BCUT2D eigenvalue weighted by Crippen LogP contribution is -2.38. The summed E-state index contributed by atoms with van der Waals surface area (Å²) < 4.78 is 0. The van der Waals surface area contributed by atoms with Crippen LogP contribution in [0.5, 0.6) is 0 Å². The smallest absolute Gasteiger partial charge is 0.238 e. The van der Waals surface area contributed by atoms with Crippen molar-refractivity contribution in [3.05, 3.63) is 22.4 Å². The zero-order valence-electron chi connectivity index (χ0n) is 11.8. The predicted octanol–water partition coefficient (Wildman–Crippen LogP) is 1.91.